The van der Waals surface area contributed by atoms with Crippen LogP contribution in [0.4, 0.5) is 0 Å². The van der Waals surface area contributed by atoms with Crippen LogP contribution in [0.1, 0.15) is 40.5 Å². The lowest BCUT2D eigenvalue weighted by Crippen LogP contribution is -2.42. The van der Waals surface area contributed by atoms with Crippen LogP contribution < -0.4 is 5.32 Å². The third-order valence-electron chi connectivity index (χ3n) is 2.57. The minimum Gasteiger partial charge on any atom is -0.480 e. The summed E-state index contributed by atoms with van der Waals surface area (Å²) in [5.74, 6) is -1.71. The Morgan fingerprint density at radius 2 is 1.65 bits per heavy atom. The van der Waals surface area contributed by atoms with Gasteiger partial charge in [-0.1, -0.05) is 27.7 Å². The second-order valence-electron chi connectivity index (χ2n) is 5.85. The second kappa shape index (κ2) is 8.24. The number of hydrogen-bond donors (Lipinski definition) is 2. The van der Waals surface area contributed by atoms with Gasteiger partial charge in [0, 0.05) is 6.42 Å². The van der Waals surface area contributed by atoms with Crippen molar-refractivity contribution in [2.45, 2.75) is 46.6 Å². The molecule has 1 atom stereocenters. The first kappa shape index (κ1) is 18.9. The summed E-state index contributed by atoms with van der Waals surface area (Å²) in [6, 6.07) is -0.963. The van der Waals surface area contributed by atoms with Crippen molar-refractivity contribution in [2.24, 2.45) is 11.8 Å². The lowest BCUT2D eigenvalue weighted by atomic mass is 10.0. The number of carbonyl (C=O) groups excluding carboxylic acids is 1. The number of sulfone groups is 1. The third-order valence-corrected chi connectivity index (χ3v) is 4.57. The fourth-order valence-corrected chi connectivity index (χ4v) is 3.48. The van der Waals surface area contributed by atoms with Gasteiger partial charge in [-0.05, 0) is 18.3 Å². The summed E-state index contributed by atoms with van der Waals surface area (Å²) in [5, 5.41) is 11.4. The van der Waals surface area contributed by atoms with Crippen LogP contribution in [0.15, 0.2) is 0 Å². The number of aliphatic carboxylic acids is 1. The van der Waals surface area contributed by atoms with Crippen LogP contribution in [0.3, 0.4) is 0 Å². The zero-order valence-corrected chi connectivity index (χ0v) is 13.4. The molecule has 20 heavy (non-hydrogen) atoms. The molecule has 0 aliphatic rings. The molecule has 0 unspecified atom stereocenters. The van der Waals surface area contributed by atoms with E-state index < -0.39 is 27.8 Å². The van der Waals surface area contributed by atoms with Gasteiger partial charge < -0.3 is 10.4 Å². The largest absolute Gasteiger partial charge is 0.480 e. The van der Waals surface area contributed by atoms with Gasteiger partial charge in [-0.3, -0.25) is 4.79 Å². The molecule has 6 nitrogen and oxygen atoms in total. The molecule has 0 aliphatic carbocycles. The Morgan fingerprint density at radius 3 is 2.05 bits per heavy atom. The van der Waals surface area contributed by atoms with E-state index in [4.69, 9.17) is 5.11 Å². The summed E-state index contributed by atoms with van der Waals surface area (Å²) in [6.45, 7) is 7.30. The van der Waals surface area contributed by atoms with E-state index in [2.05, 4.69) is 5.32 Å². The monoisotopic (exact) mass is 307 g/mol. The molecule has 0 aromatic heterocycles. The Balaban J connectivity index is 4.37. The van der Waals surface area contributed by atoms with Crippen LogP contribution in [-0.2, 0) is 19.4 Å². The highest BCUT2D eigenvalue weighted by molar-refractivity contribution is 7.91. The molecule has 0 bridgehead atoms. The zero-order chi connectivity index (χ0) is 15.9. The third kappa shape index (κ3) is 8.90. The van der Waals surface area contributed by atoms with Gasteiger partial charge >= 0.3 is 5.97 Å². The molecule has 0 saturated carbocycles. The average molecular weight is 307 g/mol. The topological polar surface area (TPSA) is 101 Å². The van der Waals surface area contributed by atoms with Gasteiger partial charge in [0.05, 0.1) is 11.5 Å². The first-order valence-corrected chi connectivity index (χ1v) is 8.58. The smallest absolute Gasteiger partial charge is 0.326 e. The molecular formula is C13H25NO5S. The maximum atomic E-state index is 11.6. The molecule has 1 amide bonds. The maximum absolute atomic E-state index is 11.6. The number of carbonyl (C=O) groups is 2. The van der Waals surface area contributed by atoms with Crippen molar-refractivity contribution in [2.75, 3.05) is 11.5 Å². The molecule has 0 radical (unpaired) electrons. The number of carboxylic acids is 1. The van der Waals surface area contributed by atoms with Crippen molar-refractivity contribution >= 4 is 21.7 Å². The molecular weight excluding hydrogens is 282 g/mol. The van der Waals surface area contributed by atoms with E-state index >= 15 is 0 Å². The molecule has 0 rings (SSSR count). The molecule has 0 aromatic rings. The van der Waals surface area contributed by atoms with Gasteiger partial charge in [0.2, 0.25) is 5.91 Å². The zero-order valence-electron chi connectivity index (χ0n) is 12.5. The minimum absolute atomic E-state index is 0.00997. The molecule has 0 aliphatic heterocycles. The first-order valence-electron chi connectivity index (χ1n) is 6.76. The van der Waals surface area contributed by atoms with Gasteiger partial charge in [0.15, 0.2) is 9.84 Å². The van der Waals surface area contributed by atoms with Crippen molar-refractivity contribution in [3.05, 3.63) is 0 Å². The van der Waals surface area contributed by atoms with Crippen LogP contribution in [0.2, 0.25) is 0 Å². The van der Waals surface area contributed by atoms with Crippen LogP contribution in [-0.4, -0.2) is 42.9 Å². The number of hydrogen-bond acceptors (Lipinski definition) is 4. The normalized spacial score (nSPS) is 13.5. The lowest BCUT2D eigenvalue weighted by Gasteiger charge is -2.16. The lowest BCUT2D eigenvalue weighted by molar-refractivity contribution is -0.142. The summed E-state index contributed by atoms with van der Waals surface area (Å²) < 4.78 is 23.3. The van der Waals surface area contributed by atoms with E-state index in [0.29, 0.717) is 6.42 Å². The van der Waals surface area contributed by atoms with E-state index in [0.717, 1.165) is 0 Å². The van der Waals surface area contributed by atoms with E-state index in [1.165, 1.54) is 0 Å². The molecule has 0 saturated heterocycles. The van der Waals surface area contributed by atoms with Crippen molar-refractivity contribution in [3.63, 3.8) is 0 Å². The highest BCUT2D eigenvalue weighted by Gasteiger charge is 2.22. The molecule has 0 heterocycles. The summed E-state index contributed by atoms with van der Waals surface area (Å²) >= 11 is 0. The van der Waals surface area contributed by atoms with Gasteiger partial charge in [-0.25, -0.2) is 13.2 Å². The summed E-state index contributed by atoms with van der Waals surface area (Å²) in [5.41, 5.74) is 0. The number of nitrogens with one attached hydrogen (secondary N) is 1. The summed E-state index contributed by atoms with van der Waals surface area (Å²) in [6.07, 6.45) is 0.122. The number of amides is 1. The Kier molecular flexibility index (Phi) is 7.78. The highest BCUT2D eigenvalue weighted by Crippen LogP contribution is 2.06. The van der Waals surface area contributed by atoms with Gasteiger partial charge in [0.25, 0.3) is 0 Å². The Morgan fingerprint density at radius 1 is 1.10 bits per heavy atom. The second-order valence-corrected chi connectivity index (χ2v) is 8.07. The Bertz CT molecular complexity index is 428. The van der Waals surface area contributed by atoms with Crippen molar-refractivity contribution in [1.29, 1.82) is 0 Å². The maximum Gasteiger partial charge on any atom is 0.326 e. The average Bonchev–Trinajstić information content (AvgIpc) is 2.23. The van der Waals surface area contributed by atoms with Gasteiger partial charge in [-0.15, -0.1) is 0 Å². The molecule has 0 aromatic carbocycles. The quantitative estimate of drug-likeness (QED) is 0.663. The summed E-state index contributed by atoms with van der Waals surface area (Å²) in [4.78, 5) is 22.6. The van der Waals surface area contributed by atoms with E-state index in [-0.39, 0.29) is 29.8 Å². The van der Waals surface area contributed by atoms with Crippen LogP contribution in [0, 0.1) is 11.8 Å². The van der Waals surface area contributed by atoms with Crippen LogP contribution in [0.25, 0.3) is 0 Å². The highest BCUT2D eigenvalue weighted by atomic mass is 32.2. The van der Waals surface area contributed by atoms with Crippen molar-refractivity contribution in [1.82, 2.24) is 5.32 Å². The van der Waals surface area contributed by atoms with Crippen LogP contribution >= 0.6 is 0 Å². The standard InChI is InChI=1S/C13H25NO5S/c1-9(2)7-11(13(16)17)14-12(15)5-6-20(18,19)8-10(3)4/h9-11H,5-8H2,1-4H3,(H,14,15)(H,16,17)/t11-/m1/s1. The predicted molar refractivity (Wildman–Crippen MR) is 77.1 cm³/mol. The molecule has 2 N–H and O–H groups in total. The van der Waals surface area contributed by atoms with E-state index in [1.807, 2.05) is 13.8 Å². The van der Waals surface area contributed by atoms with Crippen LogP contribution in [0.5, 0.6) is 0 Å². The van der Waals surface area contributed by atoms with Gasteiger partial charge in [-0.2, -0.15) is 0 Å². The van der Waals surface area contributed by atoms with E-state index in [9.17, 15) is 18.0 Å². The summed E-state index contributed by atoms with van der Waals surface area (Å²) in [7, 11) is -3.26. The minimum atomic E-state index is -3.26. The fourth-order valence-electron chi connectivity index (χ4n) is 1.80. The van der Waals surface area contributed by atoms with Crippen molar-refractivity contribution in [3.8, 4) is 0 Å². The molecule has 0 fully saturated rings. The Labute approximate surface area is 120 Å². The van der Waals surface area contributed by atoms with Gasteiger partial charge in [0.1, 0.15) is 6.04 Å². The number of rotatable bonds is 9. The van der Waals surface area contributed by atoms with E-state index in [1.54, 1.807) is 13.8 Å². The SMILES string of the molecule is CC(C)C[C@@H](NC(=O)CCS(=O)(=O)CC(C)C)C(=O)O. The fraction of sp³-hybridized carbons (Fsp3) is 0.846. The molecule has 118 valence electrons. The van der Waals surface area contributed by atoms with Crippen molar-refractivity contribution < 1.29 is 23.1 Å². The first-order chi connectivity index (χ1) is 9.03. The Hall–Kier alpha value is -1.11. The predicted octanol–water partition coefficient (Wildman–Crippen LogP) is 1.06. The molecule has 0 spiro atoms. The molecule has 7 heteroatoms. The number of carboxylic acid groups (broad SMARTS) is 1.